The van der Waals surface area contributed by atoms with E-state index in [-0.39, 0.29) is 22.8 Å². The van der Waals surface area contributed by atoms with E-state index in [2.05, 4.69) is 4.90 Å². The number of hydrogen-bond acceptors (Lipinski definition) is 5. The zero-order valence-corrected chi connectivity index (χ0v) is 18.0. The van der Waals surface area contributed by atoms with Gasteiger partial charge in [0.2, 0.25) is 15.9 Å². The van der Waals surface area contributed by atoms with Gasteiger partial charge in [-0.2, -0.15) is 4.31 Å². The highest BCUT2D eigenvalue weighted by Gasteiger charge is 2.40. The summed E-state index contributed by atoms with van der Waals surface area (Å²) in [5.41, 5.74) is 5.38. The maximum atomic E-state index is 12.9. The van der Waals surface area contributed by atoms with E-state index in [0.717, 1.165) is 25.9 Å². The number of carbonyl (C=O) groups is 1. The van der Waals surface area contributed by atoms with Crippen molar-refractivity contribution in [1.82, 2.24) is 9.21 Å². The van der Waals surface area contributed by atoms with E-state index in [4.69, 9.17) is 22.1 Å². The van der Waals surface area contributed by atoms with Gasteiger partial charge < -0.3 is 10.5 Å². The number of likely N-dealkylation sites (tertiary alicyclic amines) is 1. The van der Waals surface area contributed by atoms with Crippen LogP contribution in [0.4, 0.5) is 0 Å². The number of benzene rings is 2. The van der Waals surface area contributed by atoms with Gasteiger partial charge in [0, 0.05) is 25.0 Å². The number of primary amides is 1. The fraction of sp³-hybridized carbons (Fsp3) is 0.381. The Bertz CT molecular complexity index is 1010. The summed E-state index contributed by atoms with van der Waals surface area (Å²) in [4.78, 5) is 13.8. The maximum absolute atomic E-state index is 12.9. The van der Waals surface area contributed by atoms with Gasteiger partial charge in [-0.3, -0.25) is 9.69 Å². The fourth-order valence-electron chi connectivity index (χ4n) is 3.88. The standard InChI is InChI=1S/C21H24ClN3O4S/c22-19-3-1-2-4-20(19)29-17-5-7-18(8-6-17)30(27,28)25-13-16(14-25)24-11-9-15(10-12-24)21(23)26/h1-8,15-16H,9-14H2,(H2,23,26). The Morgan fingerprint density at radius 1 is 1.03 bits per heavy atom. The van der Waals surface area contributed by atoms with Gasteiger partial charge in [0.1, 0.15) is 11.5 Å². The zero-order valence-electron chi connectivity index (χ0n) is 16.4. The quantitative estimate of drug-likeness (QED) is 0.731. The average molecular weight is 450 g/mol. The molecular formula is C21H24ClN3O4S. The van der Waals surface area contributed by atoms with Crippen molar-refractivity contribution < 1.29 is 17.9 Å². The number of piperidine rings is 1. The second-order valence-corrected chi connectivity index (χ2v) is 10.0. The number of hydrogen-bond donors (Lipinski definition) is 1. The van der Waals surface area contributed by atoms with Gasteiger partial charge in [-0.25, -0.2) is 8.42 Å². The second-order valence-electron chi connectivity index (χ2n) is 7.69. The molecule has 30 heavy (non-hydrogen) atoms. The van der Waals surface area contributed by atoms with Crippen molar-refractivity contribution in [2.45, 2.75) is 23.8 Å². The molecule has 0 spiro atoms. The number of sulfonamides is 1. The molecule has 0 aromatic heterocycles. The molecule has 9 heteroatoms. The molecule has 0 bridgehead atoms. The number of amides is 1. The molecule has 0 atom stereocenters. The normalized spacial score (nSPS) is 19.4. The molecule has 2 aromatic rings. The van der Waals surface area contributed by atoms with Crippen LogP contribution in [0.5, 0.6) is 11.5 Å². The highest BCUT2D eigenvalue weighted by molar-refractivity contribution is 7.89. The van der Waals surface area contributed by atoms with E-state index in [0.29, 0.717) is 29.6 Å². The SMILES string of the molecule is NC(=O)C1CCN(C2CN(S(=O)(=O)c3ccc(Oc4ccccc4Cl)cc3)C2)CC1. The average Bonchev–Trinajstić information content (AvgIpc) is 2.69. The minimum Gasteiger partial charge on any atom is -0.456 e. The molecular weight excluding hydrogens is 426 g/mol. The van der Waals surface area contributed by atoms with E-state index in [1.807, 2.05) is 12.1 Å². The number of nitrogens with two attached hydrogens (primary N) is 1. The molecule has 2 heterocycles. The Morgan fingerprint density at radius 2 is 1.67 bits per heavy atom. The number of halogens is 1. The first-order valence-corrected chi connectivity index (χ1v) is 11.7. The van der Waals surface area contributed by atoms with Crippen molar-refractivity contribution in [3.8, 4) is 11.5 Å². The van der Waals surface area contributed by atoms with Crippen LogP contribution in [0.3, 0.4) is 0 Å². The van der Waals surface area contributed by atoms with Crippen LogP contribution in [0.15, 0.2) is 53.4 Å². The molecule has 7 nitrogen and oxygen atoms in total. The third-order valence-electron chi connectivity index (χ3n) is 5.80. The van der Waals surface area contributed by atoms with Crippen molar-refractivity contribution in [2.24, 2.45) is 11.7 Å². The number of ether oxygens (including phenoxy) is 1. The highest BCUT2D eigenvalue weighted by atomic mass is 35.5. The van der Waals surface area contributed by atoms with Crippen molar-refractivity contribution >= 4 is 27.5 Å². The lowest BCUT2D eigenvalue weighted by molar-refractivity contribution is -0.123. The van der Waals surface area contributed by atoms with Crippen molar-refractivity contribution in [3.63, 3.8) is 0 Å². The molecule has 1 amide bonds. The zero-order chi connectivity index (χ0) is 21.3. The summed E-state index contributed by atoms with van der Waals surface area (Å²) in [6.07, 6.45) is 1.48. The van der Waals surface area contributed by atoms with Gasteiger partial charge in [0.25, 0.3) is 0 Å². The summed E-state index contributed by atoms with van der Waals surface area (Å²) < 4.78 is 33.0. The minimum atomic E-state index is -3.54. The van der Waals surface area contributed by atoms with E-state index in [9.17, 15) is 13.2 Å². The molecule has 0 unspecified atom stereocenters. The monoisotopic (exact) mass is 449 g/mol. The van der Waals surface area contributed by atoms with Gasteiger partial charge in [-0.05, 0) is 62.3 Å². The van der Waals surface area contributed by atoms with Crippen LogP contribution < -0.4 is 10.5 Å². The summed E-state index contributed by atoms with van der Waals surface area (Å²) >= 11 is 6.09. The van der Waals surface area contributed by atoms with E-state index in [1.54, 1.807) is 36.4 Å². The predicted molar refractivity (Wildman–Crippen MR) is 114 cm³/mol. The van der Waals surface area contributed by atoms with Crippen LogP contribution >= 0.6 is 11.6 Å². The van der Waals surface area contributed by atoms with Crippen LogP contribution in [0.2, 0.25) is 5.02 Å². The Balaban J connectivity index is 1.34. The fourth-order valence-corrected chi connectivity index (χ4v) is 5.57. The first-order chi connectivity index (χ1) is 14.3. The second kappa shape index (κ2) is 8.55. The Morgan fingerprint density at radius 3 is 2.27 bits per heavy atom. The van der Waals surface area contributed by atoms with Gasteiger partial charge >= 0.3 is 0 Å². The number of rotatable bonds is 6. The summed E-state index contributed by atoms with van der Waals surface area (Å²) in [5, 5.41) is 0.487. The van der Waals surface area contributed by atoms with Gasteiger partial charge in [-0.15, -0.1) is 0 Å². The molecule has 2 aliphatic heterocycles. The summed E-state index contributed by atoms with van der Waals surface area (Å²) in [5.74, 6) is 0.725. The summed E-state index contributed by atoms with van der Waals surface area (Å²) in [6, 6.07) is 13.6. The third kappa shape index (κ3) is 4.32. The van der Waals surface area contributed by atoms with E-state index >= 15 is 0 Å². The van der Waals surface area contributed by atoms with Crippen molar-refractivity contribution in [2.75, 3.05) is 26.2 Å². The van der Waals surface area contributed by atoms with Gasteiger partial charge in [-0.1, -0.05) is 23.7 Å². The lowest BCUT2D eigenvalue weighted by atomic mass is 9.94. The molecule has 2 N–H and O–H groups in total. The number of nitrogens with zero attached hydrogens (tertiary/aromatic N) is 2. The predicted octanol–water partition coefficient (Wildman–Crippen LogP) is 2.70. The molecule has 160 valence electrons. The molecule has 0 saturated carbocycles. The van der Waals surface area contributed by atoms with Crippen LogP contribution in [-0.4, -0.2) is 55.8 Å². The molecule has 2 fully saturated rings. The minimum absolute atomic E-state index is 0.0623. The molecule has 4 rings (SSSR count). The van der Waals surface area contributed by atoms with Crippen LogP contribution in [0, 0.1) is 5.92 Å². The summed E-state index contributed by atoms with van der Waals surface area (Å²) in [7, 11) is -3.54. The van der Waals surface area contributed by atoms with Crippen LogP contribution in [-0.2, 0) is 14.8 Å². The van der Waals surface area contributed by atoms with Crippen LogP contribution in [0.25, 0.3) is 0 Å². The lowest BCUT2D eigenvalue weighted by Gasteiger charge is -2.46. The smallest absolute Gasteiger partial charge is 0.243 e. The Hall–Kier alpha value is -2.13. The highest BCUT2D eigenvalue weighted by Crippen LogP contribution is 2.31. The largest absolute Gasteiger partial charge is 0.456 e. The first-order valence-electron chi connectivity index (χ1n) is 9.90. The molecule has 2 aromatic carbocycles. The van der Waals surface area contributed by atoms with Crippen molar-refractivity contribution in [1.29, 1.82) is 0 Å². The number of para-hydroxylation sites is 1. The molecule has 2 saturated heterocycles. The molecule has 0 radical (unpaired) electrons. The first kappa shape index (κ1) is 21.1. The lowest BCUT2D eigenvalue weighted by Crippen LogP contribution is -2.62. The maximum Gasteiger partial charge on any atom is 0.243 e. The Labute approximate surface area is 181 Å². The van der Waals surface area contributed by atoms with Gasteiger partial charge in [0.05, 0.1) is 9.92 Å². The summed E-state index contributed by atoms with van der Waals surface area (Å²) in [6.45, 7) is 2.48. The third-order valence-corrected chi connectivity index (χ3v) is 7.96. The van der Waals surface area contributed by atoms with Crippen LogP contribution in [0.1, 0.15) is 12.8 Å². The molecule has 2 aliphatic rings. The van der Waals surface area contributed by atoms with E-state index in [1.165, 1.54) is 4.31 Å². The van der Waals surface area contributed by atoms with Gasteiger partial charge in [0.15, 0.2) is 0 Å². The van der Waals surface area contributed by atoms with Crippen molar-refractivity contribution in [3.05, 3.63) is 53.6 Å². The molecule has 0 aliphatic carbocycles. The topological polar surface area (TPSA) is 92.9 Å². The number of carbonyl (C=O) groups excluding carboxylic acids is 1. The Kier molecular flexibility index (Phi) is 6.02. The van der Waals surface area contributed by atoms with E-state index < -0.39 is 10.0 Å².